The minimum absolute atomic E-state index is 0.117. The second-order valence-electron chi connectivity index (χ2n) is 3.59. The molecule has 0 N–H and O–H groups in total. The SMILES string of the molecule is Cc1cnn(C(C)(C)C(=O)CC#N)n1. The van der Waals surface area contributed by atoms with E-state index >= 15 is 0 Å². The van der Waals surface area contributed by atoms with Crippen molar-refractivity contribution in [3.8, 4) is 6.07 Å². The van der Waals surface area contributed by atoms with Gasteiger partial charge in [-0.1, -0.05) is 0 Å². The number of carbonyl (C=O) groups excluding carboxylic acids is 1. The lowest BCUT2D eigenvalue weighted by atomic mass is 9.98. The molecule has 1 heterocycles. The number of Topliss-reactive ketones (excluding diaryl/α,β-unsaturated/α-hetero) is 1. The molecule has 0 radical (unpaired) electrons. The van der Waals surface area contributed by atoms with Crippen LogP contribution in [0, 0.1) is 18.3 Å². The summed E-state index contributed by atoms with van der Waals surface area (Å²) in [5.41, 5.74) is -0.0906. The molecule has 5 nitrogen and oxygen atoms in total. The number of hydrogen-bond donors (Lipinski definition) is 0. The van der Waals surface area contributed by atoms with E-state index in [0.717, 1.165) is 5.69 Å². The van der Waals surface area contributed by atoms with Gasteiger partial charge in [-0.25, -0.2) is 0 Å². The minimum Gasteiger partial charge on any atom is -0.296 e. The molecule has 0 spiro atoms. The van der Waals surface area contributed by atoms with Gasteiger partial charge >= 0.3 is 0 Å². The minimum atomic E-state index is -0.843. The van der Waals surface area contributed by atoms with Crippen LogP contribution in [0.4, 0.5) is 0 Å². The van der Waals surface area contributed by atoms with Crippen molar-refractivity contribution < 1.29 is 4.79 Å². The Hall–Kier alpha value is -1.70. The highest BCUT2D eigenvalue weighted by molar-refractivity contribution is 5.87. The Morgan fingerprint density at radius 1 is 1.71 bits per heavy atom. The third-order valence-electron chi connectivity index (χ3n) is 2.03. The summed E-state index contributed by atoms with van der Waals surface area (Å²) in [6.07, 6.45) is 1.47. The summed E-state index contributed by atoms with van der Waals surface area (Å²) in [5, 5.41) is 16.5. The molecule has 0 saturated carbocycles. The molecule has 0 aliphatic heterocycles. The van der Waals surface area contributed by atoms with Gasteiger partial charge in [0.15, 0.2) is 5.78 Å². The Morgan fingerprint density at radius 2 is 2.36 bits per heavy atom. The van der Waals surface area contributed by atoms with E-state index in [-0.39, 0.29) is 12.2 Å². The molecule has 14 heavy (non-hydrogen) atoms. The Kier molecular flexibility index (Phi) is 2.65. The summed E-state index contributed by atoms with van der Waals surface area (Å²) in [6, 6.07) is 1.83. The van der Waals surface area contributed by atoms with Crippen molar-refractivity contribution in [1.82, 2.24) is 15.0 Å². The molecule has 0 aliphatic rings. The molecule has 0 saturated heterocycles. The second-order valence-corrected chi connectivity index (χ2v) is 3.59. The van der Waals surface area contributed by atoms with Crippen molar-refractivity contribution in [2.45, 2.75) is 32.7 Å². The highest BCUT2D eigenvalue weighted by Gasteiger charge is 2.31. The molecular weight excluding hydrogens is 180 g/mol. The average Bonchev–Trinajstić information content (AvgIpc) is 2.52. The maximum absolute atomic E-state index is 11.6. The molecule has 0 unspecified atom stereocenters. The van der Waals surface area contributed by atoms with E-state index in [2.05, 4.69) is 10.2 Å². The van der Waals surface area contributed by atoms with Crippen molar-refractivity contribution in [1.29, 1.82) is 5.26 Å². The van der Waals surface area contributed by atoms with Gasteiger partial charge in [-0.05, 0) is 20.8 Å². The molecule has 0 amide bonds. The van der Waals surface area contributed by atoms with E-state index in [0.29, 0.717) is 0 Å². The van der Waals surface area contributed by atoms with Crippen LogP contribution in [-0.4, -0.2) is 20.8 Å². The van der Waals surface area contributed by atoms with Crippen molar-refractivity contribution in [2.75, 3.05) is 0 Å². The summed E-state index contributed by atoms with van der Waals surface area (Å²) in [7, 11) is 0. The zero-order valence-corrected chi connectivity index (χ0v) is 8.48. The first-order valence-corrected chi connectivity index (χ1v) is 4.28. The van der Waals surface area contributed by atoms with Crippen molar-refractivity contribution in [3.05, 3.63) is 11.9 Å². The van der Waals surface area contributed by atoms with Crippen LogP contribution in [0.2, 0.25) is 0 Å². The first-order valence-electron chi connectivity index (χ1n) is 4.28. The van der Waals surface area contributed by atoms with Gasteiger partial charge in [-0.15, -0.1) is 0 Å². The van der Waals surface area contributed by atoms with Crippen LogP contribution in [-0.2, 0) is 10.3 Å². The number of aromatic nitrogens is 3. The number of nitrogens with zero attached hydrogens (tertiary/aromatic N) is 4. The fraction of sp³-hybridized carbons (Fsp3) is 0.556. The van der Waals surface area contributed by atoms with Crippen LogP contribution < -0.4 is 0 Å². The van der Waals surface area contributed by atoms with Gasteiger partial charge in [0, 0.05) is 0 Å². The molecule has 1 rings (SSSR count). The number of ketones is 1. The van der Waals surface area contributed by atoms with Gasteiger partial charge in [-0.2, -0.15) is 20.3 Å². The van der Waals surface area contributed by atoms with E-state index in [1.165, 1.54) is 4.80 Å². The first kappa shape index (κ1) is 10.4. The van der Waals surface area contributed by atoms with Crippen molar-refractivity contribution in [3.63, 3.8) is 0 Å². The molecule has 0 bridgehead atoms. The molecule has 0 fully saturated rings. The predicted molar refractivity (Wildman–Crippen MR) is 49.3 cm³/mol. The molecule has 0 aliphatic carbocycles. The molecule has 0 aromatic carbocycles. The second kappa shape index (κ2) is 3.58. The van der Waals surface area contributed by atoms with Gasteiger partial charge < -0.3 is 0 Å². The quantitative estimate of drug-likeness (QED) is 0.710. The Labute approximate surface area is 82.3 Å². The van der Waals surface area contributed by atoms with Crippen LogP contribution in [0.5, 0.6) is 0 Å². The summed E-state index contributed by atoms with van der Waals surface area (Å²) < 4.78 is 0. The maximum atomic E-state index is 11.6. The molecule has 5 heteroatoms. The highest BCUT2D eigenvalue weighted by Crippen LogP contribution is 2.15. The number of rotatable bonds is 3. The van der Waals surface area contributed by atoms with Gasteiger partial charge in [0.05, 0.1) is 24.4 Å². The largest absolute Gasteiger partial charge is 0.296 e. The van der Waals surface area contributed by atoms with Gasteiger partial charge in [0.1, 0.15) is 5.54 Å². The topological polar surface area (TPSA) is 71.6 Å². The number of hydrogen-bond acceptors (Lipinski definition) is 4. The first-order chi connectivity index (χ1) is 6.48. The fourth-order valence-corrected chi connectivity index (χ4v) is 1.01. The van der Waals surface area contributed by atoms with E-state index < -0.39 is 5.54 Å². The third kappa shape index (κ3) is 1.79. The normalized spacial score (nSPS) is 11.0. The summed E-state index contributed by atoms with van der Waals surface area (Å²) in [4.78, 5) is 12.9. The predicted octanol–water partition coefficient (Wildman–Crippen LogP) is 0.804. The van der Waals surface area contributed by atoms with Crippen molar-refractivity contribution >= 4 is 5.78 Å². The molecular formula is C9H12N4O. The lowest BCUT2D eigenvalue weighted by Gasteiger charge is -2.20. The number of aryl methyl sites for hydroxylation is 1. The summed E-state index contributed by atoms with van der Waals surface area (Å²) in [6.45, 7) is 5.20. The number of nitriles is 1. The van der Waals surface area contributed by atoms with Crippen LogP contribution in [0.25, 0.3) is 0 Å². The van der Waals surface area contributed by atoms with Gasteiger partial charge in [-0.3, -0.25) is 4.79 Å². The van der Waals surface area contributed by atoms with E-state index in [1.807, 2.05) is 6.07 Å². The van der Waals surface area contributed by atoms with E-state index in [4.69, 9.17) is 5.26 Å². The Morgan fingerprint density at radius 3 is 2.79 bits per heavy atom. The highest BCUT2D eigenvalue weighted by atomic mass is 16.1. The van der Waals surface area contributed by atoms with E-state index in [1.54, 1.807) is 27.0 Å². The summed E-state index contributed by atoms with van der Waals surface area (Å²) >= 11 is 0. The van der Waals surface area contributed by atoms with Crippen LogP contribution in [0.3, 0.4) is 0 Å². The Balaban J connectivity index is 2.96. The zero-order chi connectivity index (χ0) is 10.8. The third-order valence-corrected chi connectivity index (χ3v) is 2.03. The van der Waals surface area contributed by atoms with Crippen LogP contribution >= 0.6 is 0 Å². The van der Waals surface area contributed by atoms with E-state index in [9.17, 15) is 4.79 Å². The zero-order valence-electron chi connectivity index (χ0n) is 8.48. The maximum Gasteiger partial charge on any atom is 0.175 e. The standard InChI is InChI=1S/C9H12N4O/c1-7-6-11-13(12-7)9(2,3)8(14)4-5-10/h6H,4H2,1-3H3. The van der Waals surface area contributed by atoms with Crippen LogP contribution in [0.15, 0.2) is 6.20 Å². The molecule has 1 aromatic rings. The molecule has 74 valence electrons. The monoisotopic (exact) mass is 192 g/mol. The van der Waals surface area contributed by atoms with Gasteiger partial charge in [0.2, 0.25) is 0 Å². The smallest absolute Gasteiger partial charge is 0.175 e. The number of carbonyl (C=O) groups is 1. The molecule has 0 atom stereocenters. The Bertz CT molecular complexity index is 386. The lowest BCUT2D eigenvalue weighted by Crippen LogP contribution is -2.37. The average molecular weight is 192 g/mol. The van der Waals surface area contributed by atoms with Crippen molar-refractivity contribution in [2.24, 2.45) is 0 Å². The summed E-state index contributed by atoms with van der Waals surface area (Å²) in [5.74, 6) is -0.185. The van der Waals surface area contributed by atoms with Gasteiger partial charge in [0.25, 0.3) is 0 Å². The fourth-order valence-electron chi connectivity index (χ4n) is 1.01. The lowest BCUT2D eigenvalue weighted by molar-refractivity contribution is -0.126. The molecule has 1 aromatic heterocycles. The van der Waals surface area contributed by atoms with Crippen LogP contribution in [0.1, 0.15) is 26.0 Å².